The summed E-state index contributed by atoms with van der Waals surface area (Å²) in [4.78, 5) is 0. The van der Waals surface area contributed by atoms with Crippen molar-refractivity contribution < 1.29 is 4.74 Å². The van der Waals surface area contributed by atoms with Gasteiger partial charge in [0.05, 0.1) is 12.7 Å². The monoisotopic (exact) mass is 219 g/mol. The van der Waals surface area contributed by atoms with Crippen LogP contribution in [0.1, 0.15) is 18.9 Å². The Morgan fingerprint density at radius 3 is 2.69 bits per heavy atom. The van der Waals surface area contributed by atoms with Crippen LogP contribution in [0.5, 0.6) is 0 Å². The van der Waals surface area contributed by atoms with Gasteiger partial charge in [0.2, 0.25) is 0 Å². The Bertz CT molecular complexity index is 295. The lowest BCUT2D eigenvalue weighted by Crippen LogP contribution is -2.25. The molecule has 0 radical (unpaired) electrons. The van der Waals surface area contributed by atoms with E-state index in [-0.39, 0.29) is 0 Å². The molecule has 0 bridgehead atoms. The SMILES string of the molecule is CCC(CNC)OCC=Cc1ccccc1. The first-order valence-electron chi connectivity index (χ1n) is 5.84. The first-order valence-corrected chi connectivity index (χ1v) is 5.84. The molecule has 1 aromatic rings. The highest BCUT2D eigenvalue weighted by Crippen LogP contribution is 2.02. The lowest BCUT2D eigenvalue weighted by Gasteiger charge is -2.13. The van der Waals surface area contributed by atoms with Gasteiger partial charge in [0.25, 0.3) is 0 Å². The molecule has 0 heterocycles. The molecule has 0 amide bonds. The van der Waals surface area contributed by atoms with Gasteiger partial charge in [-0.2, -0.15) is 0 Å². The van der Waals surface area contributed by atoms with Crippen molar-refractivity contribution in [2.75, 3.05) is 20.2 Å². The minimum atomic E-state index is 0.311. The average Bonchev–Trinajstić information content (AvgIpc) is 2.34. The molecule has 16 heavy (non-hydrogen) atoms. The summed E-state index contributed by atoms with van der Waals surface area (Å²) in [5.74, 6) is 0. The first-order chi connectivity index (χ1) is 7.86. The van der Waals surface area contributed by atoms with Crippen molar-refractivity contribution in [3.05, 3.63) is 42.0 Å². The summed E-state index contributed by atoms with van der Waals surface area (Å²) in [6.07, 6.45) is 5.50. The molecule has 1 aromatic carbocycles. The van der Waals surface area contributed by atoms with Gasteiger partial charge in [0.15, 0.2) is 0 Å². The predicted octanol–water partition coefficient (Wildman–Crippen LogP) is 2.71. The van der Waals surface area contributed by atoms with E-state index >= 15 is 0 Å². The maximum absolute atomic E-state index is 5.70. The highest BCUT2D eigenvalue weighted by Gasteiger charge is 2.02. The molecule has 0 aliphatic carbocycles. The standard InChI is InChI=1S/C14H21NO/c1-3-14(12-15-2)16-11-7-10-13-8-5-4-6-9-13/h4-10,14-15H,3,11-12H2,1-2H3. The van der Waals surface area contributed by atoms with Gasteiger partial charge in [-0.25, -0.2) is 0 Å². The van der Waals surface area contributed by atoms with Crippen LogP contribution in [0.25, 0.3) is 6.08 Å². The third kappa shape index (κ3) is 5.10. The van der Waals surface area contributed by atoms with Crippen LogP contribution in [0.2, 0.25) is 0 Å². The summed E-state index contributed by atoms with van der Waals surface area (Å²) in [5, 5.41) is 3.13. The molecule has 0 aliphatic heterocycles. The summed E-state index contributed by atoms with van der Waals surface area (Å²) >= 11 is 0. The van der Waals surface area contributed by atoms with Crippen LogP contribution in [0.15, 0.2) is 36.4 Å². The van der Waals surface area contributed by atoms with Crippen LogP contribution in [-0.2, 0) is 4.74 Å². The van der Waals surface area contributed by atoms with Crippen molar-refractivity contribution in [1.82, 2.24) is 5.32 Å². The highest BCUT2D eigenvalue weighted by molar-refractivity contribution is 5.48. The topological polar surface area (TPSA) is 21.3 Å². The molecule has 0 aliphatic rings. The fraction of sp³-hybridized carbons (Fsp3) is 0.429. The van der Waals surface area contributed by atoms with Gasteiger partial charge in [-0.1, -0.05) is 49.4 Å². The van der Waals surface area contributed by atoms with Crippen LogP contribution in [-0.4, -0.2) is 26.3 Å². The Balaban J connectivity index is 2.26. The fourth-order valence-corrected chi connectivity index (χ4v) is 1.49. The van der Waals surface area contributed by atoms with Crippen molar-refractivity contribution >= 4 is 6.08 Å². The number of ether oxygens (including phenoxy) is 1. The average molecular weight is 219 g/mol. The van der Waals surface area contributed by atoms with Gasteiger partial charge in [-0.3, -0.25) is 0 Å². The Hall–Kier alpha value is -1.12. The zero-order valence-corrected chi connectivity index (χ0v) is 10.1. The van der Waals surface area contributed by atoms with E-state index in [9.17, 15) is 0 Å². The lowest BCUT2D eigenvalue weighted by atomic mass is 10.2. The molecule has 1 unspecified atom stereocenters. The van der Waals surface area contributed by atoms with Gasteiger partial charge >= 0.3 is 0 Å². The van der Waals surface area contributed by atoms with Crippen LogP contribution in [0, 0.1) is 0 Å². The fourth-order valence-electron chi connectivity index (χ4n) is 1.49. The van der Waals surface area contributed by atoms with E-state index in [4.69, 9.17) is 4.74 Å². The third-order valence-electron chi connectivity index (χ3n) is 2.43. The molecule has 1 rings (SSSR count). The van der Waals surface area contributed by atoms with Crippen LogP contribution < -0.4 is 5.32 Å². The minimum absolute atomic E-state index is 0.311. The Morgan fingerprint density at radius 1 is 1.31 bits per heavy atom. The molecule has 0 fully saturated rings. The lowest BCUT2D eigenvalue weighted by molar-refractivity contribution is 0.0730. The first kappa shape index (κ1) is 12.9. The van der Waals surface area contributed by atoms with Crippen molar-refractivity contribution in [3.8, 4) is 0 Å². The number of hydrogen-bond donors (Lipinski definition) is 1. The molecule has 2 nitrogen and oxygen atoms in total. The van der Waals surface area contributed by atoms with E-state index in [0.29, 0.717) is 12.7 Å². The Kier molecular flexibility index (Phi) is 6.54. The summed E-state index contributed by atoms with van der Waals surface area (Å²) in [6.45, 7) is 3.73. The van der Waals surface area contributed by atoms with E-state index in [1.165, 1.54) is 5.56 Å². The summed E-state index contributed by atoms with van der Waals surface area (Å²) < 4.78 is 5.70. The van der Waals surface area contributed by atoms with Crippen molar-refractivity contribution in [1.29, 1.82) is 0 Å². The van der Waals surface area contributed by atoms with Crippen molar-refractivity contribution in [3.63, 3.8) is 0 Å². The van der Waals surface area contributed by atoms with Gasteiger partial charge < -0.3 is 10.1 Å². The van der Waals surface area contributed by atoms with Crippen molar-refractivity contribution in [2.45, 2.75) is 19.4 Å². The van der Waals surface area contributed by atoms with Crippen LogP contribution >= 0.6 is 0 Å². The molecule has 0 aromatic heterocycles. The molecule has 1 atom stereocenters. The van der Waals surface area contributed by atoms with Crippen molar-refractivity contribution in [2.24, 2.45) is 0 Å². The molecule has 0 saturated carbocycles. The zero-order chi connectivity index (χ0) is 11.6. The molecule has 0 saturated heterocycles. The van der Waals surface area contributed by atoms with Gasteiger partial charge in [0, 0.05) is 6.54 Å². The van der Waals surface area contributed by atoms with E-state index < -0.39 is 0 Å². The Labute approximate surface area is 98.3 Å². The van der Waals surface area contributed by atoms with Gasteiger partial charge in [-0.15, -0.1) is 0 Å². The number of nitrogens with one attached hydrogen (secondary N) is 1. The number of benzene rings is 1. The van der Waals surface area contributed by atoms with E-state index in [0.717, 1.165) is 13.0 Å². The smallest absolute Gasteiger partial charge is 0.0701 e. The number of rotatable bonds is 7. The summed E-state index contributed by atoms with van der Waals surface area (Å²) in [5.41, 5.74) is 1.22. The molecule has 2 heteroatoms. The summed E-state index contributed by atoms with van der Waals surface area (Å²) in [6, 6.07) is 10.3. The van der Waals surface area contributed by atoms with Gasteiger partial charge in [0.1, 0.15) is 0 Å². The molecular weight excluding hydrogens is 198 g/mol. The van der Waals surface area contributed by atoms with Gasteiger partial charge in [-0.05, 0) is 19.0 Å². The minimum Gasteiger partial charge on any atom is -0.373 e. The second-order valence-corrected chi connectivity index (χ2v) is 3.73. The Morgan fingerprint density at radius 2 is 2.06 bits per heavy atom. The molecule has 88 valence electrons. The quantitative estimate of drug-likeness (QED) is 0.761. The third-order valence-corrected chi connectivity index (χ3v) is 2.43. The van der Waals surface area contributed by atoms with Crippen LogP contribution in [0.3, 0.4) is 0 Å². The van der Waals surface area contributed by atoms with E-state index in [2.05, 4.69) is 36.5 Å². The number of hydrogen-bond acceptors (Lipinski definition) is 2. The summed E-state index contributed by atoms with van der Waals surface area (Å²) in [7, 11) is 1.95. The number of likely N-dealkylation sites (N-methyl/N-ethyl adjacent to an activating group) is 1. The van der Waals surface area contributed by atoms with E-state index in [1.54, 1.807) is 0 Å². The van der Waals surface area contributed by atoms with Crippen LogP contribution in [0.4, 0.5) is 0 Å². The zero-order valence-electron chi connectivity index (χ0n) is 10.1. The predicted molar refractivity (Wildman–Crippen MR) is 69.4 cm³/mol. The maximum Gasteiger partial charge on any atom is 0.0701 e. The molecule has 1 N–H and O–H groups in total. The molecule has 0 spiro atoms. The van der Waals surface area contributed by atoms with E-state index in [1.807, 2.05) is 25.2 Å². The maximum atomic E-state index is 5.70. The molecular formula is C14H21NO. The largest absolute Gasteiger partial charge is 0.373 e. The second-order valence-electron chi connectivity index (χ2n) is 3.73. The second kappa shape index (κ2) is 8.08. The normalized spacial score (nSPS) is 13.1. The highest BCUT2D eigenvalue weighted by atomic mass is 16.5.